The molecule has 1 fully saturated rings. The number of halogens is 2. The van der Waals surface area contributed by atoms with E-state index in [4.69, 9.17) is 5.73 Å². The molecule has 1 amide bonds. The van der Waals surface area contributed by atoms with Crippen LogP contribution in [0.3, 0.4) is 0 Å². The Morgan fingerprint density at radius 2 is 1.82 bits per heavy atom. The molecular weight excluding hydrogens is 530 g/mol. The number of benzene rings is 1. The molecule has 4 atom stereocenters. The fraction of sp³-hybridized carbons (Fsp3) is 0.519. The van der Waals surface area contributed by atoms with Gasteiger partial charge in [0.05, 0.1) is 18.2 Å². The molecule has 1 aromatic carbocycles. The number of anilines is 1. The second kappa shape index (κ2) is 10.8. The summed E-state index contributed by atoms with van der Waals surface area (Å²) in [5.74, 6) is -7.37. The summed E-state index contributed by atoms with van der Waals surface area (Å²) < 4.78 is 25.3. The molecular formula is C27H36F2N4O7. The molecule has 3 aliphatic rings. The molecule has 13 heteroatoms. The van der Waals surface area contributed by atoms with Crippen LogP contribution in [0.4, 0.5) is 14.5 Å². The lowest BCUT2D eigenvalue weighted by Gasteiger charge is -2.50. The number of phenols is 1. The van der Waals surface area contributed by atoms with E-state index < -0.39 is 76.8 Å². The Bertz CT molecular complexity index is 1320. The van der Waals surface area contributed by atoms with Gasteiger partial charge in [0.25, 0.3) is 12.3 Å². The molecule has 4 rings (SSSR count). The van der Waals surface area contributed by atoms with E-state index in [9.17, 15) is 43.6 Å². The maximum Gasteiger partial charge on any atom is 0.255 e. The first-order valence-electron chi connectivity index (χ1n) is 12.3. The predicted molar refractivity (Wildman–Crippen MR) is 143 cm³/mol. The summed E-state index contributed by atoms with van der Waals surface area (Å²) in [4.78, 5) is 42.3. The van der Waals surface area contributed by atoms with Crippen molar-refractivity contribution in [3.8, 4) is 5.75 Å². The highest BCUT2D eigenvalue weighted by molar-refractivity contribution is 6.24. The maximum atomic E-state index is 13.9. The lowest BCUT2D eigenvalue weighted by atomic mass is 9.57. The Kier molecular flexibility index (Phi) is 8.36. The van der Waals surface area contributed by atoms with Crippen molar-refractivity contribution in [2.24, 2.45) is 17.6 Å². The minimum atomic E-state index is -2.74. The summed E-state index contributed by atoms with van der Waals surface area (Å²) in [7, 11) is 6.50. The van der Waals surface area contributed by atoms with Crippen LogP contribution in [0.2, 0.25) is 0 Å². The highest BCUT2D eigenvalue weighted by Crippen LogP contribution is 2.54. The van der Waals surface area contributed by atoms with Gasteiger partial charge in [-0.15, -0.1) is 0 Å². The first kappa shape index (κ1) is 31.0. The molecule has 0 aliphatic heterocycles. The van der Waals surface area contributed by atoms with Crippen LogP contribution in [0.1, 0.15) is 30.5 Å². The predicted octanol–water partition coefficient (Wildman–Crippen LogP) is 1.02. The third kappa shape index (κ3) is 4.51. The number of amides is 1. The number of hydrogen-bond acceptors (Lipinski definition) is 10. The molecule has 0 unspecified atom stereocenters. The number of rotatable bonds is 7. The molecule has 0 bridgehead atoms. The van der Waals surface area contributed by atoms with Crippen LogP contribution in [-0.2, 0) is 27.3 Å². The van der Waals surface area contributed by atoms with E-state index in [1.807, 2.05) is 0 Å². The number of ketones is 2. The van der Waals surface area contributed by atoms with E-state index in [1.165, 1.54) is 19.0 Å². The van der Waals surface area contributed by atoms with Gasteiger partial charge < -0.3 is 36.4 Å². The summed E-state index contributed by atoms with van der Waals surface area (Å²) in [5.41, 5.74) is 2.58. The maximum absolute atomic E-state index is 13.9. The summed E-state index contributed by atoms with van der Waals surface area (Å²) >= 11 is 0. The largest absolute Gasteiger partial charge is 0.508 e. The molecule has 0 spiro atoms. The van der Waals surface area contributed by atoms with E-state index in [0.29, 0.717) is 11.3 Å². The number of fused-ring (bicyclic) bond motifs is 3. The van der Waals surface area contributed by atoms with Crippen molar-refractivity contribution in [3.63, 3.8) is 0 Å². The van der Waals surface area contributed by atoms with Crippen LogP contribution in [0.25, 0.3) is 5.76 Å². The number of alkyl halides is 2. The number of aliphatic hydroxyl groups is 3. The average molecular weight is 567 g/mol. The lowest BCUT2D eigenvalue weighted by Crippen LogP contribution is -2.65. The average Bonchev–Trinajstić information content (AvgIpc) is 2.81. The molecule has 7 N–H and O–H groups in total. The monoisotopic (exact) mass is 566 g/mol. The Morgan fingerprint density at radius 1 is 1.20 bits per heavy atom. The van der Waals surface area contributed by atoms with Crippen LogP contribution in [0, 0.1) is 11.8 Å². The van der Waals surface area contributed by atoms with Crippen molar-refractivity contribution in [1.82, 2.24) is 10.2 Å². The minimum Gasteiger partial charge on any atom is -0.508 e. The van der Waals surface area contributed by atoms with Crippen LogP contribution < -0.4 is 16.0 Å². The lowest BCUT2D eigenvalue weighted by molar-refractivity contribution is -0.153. The highest BCUT2D eigenvalue weighted by Gasteiger charge is 2.64. The summed E-state index contributed by atoms with van der Waals surface area (Å²) in [6.45, 7) is -0.788. The van der Waals surface area contributed by atoms with Crippen LogP contribution in [-0.4, -0.2) is 95.6 Å². The summed E-state index contributed by atoms with van der Waals surface area (Å²) in [6.07, 6.45) is -2.53. The number of carbonyl (C=O) groups excluding carboxylic acids is 3. The van der Waals surface area contributed by atoms with Crippen LogP contribution in [0.15, 0.2) is 23.0 Å². The number of carbonyl (C=O) groups is 3. The quantitative estimate of drug-likeness (QED) is 0.261. The van der Waals surface area contributed by atoms with Gasteiger partial charge in [0.1, 0.15) is 22.8 Å². The number of primary amides is 1. The van der Waals surface area contributed by atoms with Gasteiger partial charge in [-0.1, -0.05) is 7.43 Å². The normalized spacial score (nSPS) is 26.0. The van der Waals surface area contributed by atoms with E-state index >= 15 is 0 Å². The van der Waals surface area contributed by atoms with Crippen LogP contribution >= 0.6 is 0 Å². The first-order valence-corrected chi connectivity index (χ1v) is 12.3. The van der Waals surface area contributed by atoms with Crippen LogP contribution in [0.5, 0.6) is 5.75 Å². The van der Waals surface area contributed by atoms with Gasteiger partial charge in [0.15, 0.2) is 11.4 Å². The molecule has 40 heavy (non-hydrogen) atoms. The number of aromatic hydroxyl groups is 1. The van der Waals surface area contributed by atoms with Gasteiger partial charge >= 0.3 is 0 Å². The fourth-order valence-corrected chi connectivity index (χ4v) is 6.20. The van der Waals surface area contributed by atoms with Gasteiger partial charge in [0.2, 0.25) is 5.78 Å². The molecule has 1 aromatic rings. The minimum absolute atomic E-state index is 0. The van der Waals surface area contributed by atoms with Crippen molar-refractivity contribution >= 4 is 28.9 Å². The summed E-state index contributed by atoms with van der Waals surface area (Å²) in [6, 6.07) is 0.430. The number of likely N-dealkylation sites (N-methyl/N-ethyl adjacent to an activating group) is 1. The SMILES string of the molecule is C.CN(C)c1cc(CNCC(F)F)c(O)c2c1C[C@H]1C[C@H]3[C@H](N(C)C)C(=O)C(C(N)=O)=C(O)[C@@]3(O)C(=O)C1=C2O. The number of nitrogens with zero attached hydrogens (tertiary/aromatic N) is 2. The number of phenolic OH excluding ortho intramolecular Hbond substituents is 1. The third-order valence-electron chi connectivity index (χ3n) is 7.87. The Balaban J connectivity index is 0.00000441. The second-order valence-electron chi connectivity index (χ2n) is 10.6. The first-order chi connectivity index (χ1) is 18.1. The zero-order valence-corrected chi connectivity index (χ0v) is 22.0. The van der Waals surface area contributed by atoms with E-state index in [2.05, 4.69) is 5.32 Å². The smallest absolute Gasteiger partial charge is 0.255 e. The Labute approximate surface area is 230 Å². The molecule has 220 valence electrons. The van der Waals surface area contributed by atoms with Crippen molar-refractivity contribution < 1.29 is 43.6 Å². The van der Waals surface area contributed by atoms with E-state index in [-0.39, 0.29) is 43.5 Å². The third-order valence-corrected chi connectivity index (χ3v) is 7.87. The molecule has 11 nitrogen and oxygen atoms in total. The van der Waals surface area contributed by atoms with Gasteiger partial charge in [-0.2, -0.15) is 0 Å². The number of hydrogen-bond donors (Lipinski definition) is 6. The van der Waals surface area contributed by atoms with Gasteiger partial charge in [-0.25, -0.2) is 8.78 Å². The van der Waals surface area contributed by atoms with Crippen molar-refractivity contribution in [2.45, 2.75) is 44.9 Å². The standard InChI is InChI=1S/C26H32F2N4O7.CH4/c1-31(2)14-7-11(8-30-9-15(27)28)20(33)17-12(14)5-10-6-13-19(32(3)4)22(35)18(25(29)38)24(37)26(13,39)23(36)16(10)21(17)34;/h7,10,13,15,19,30,33-34,37,39H,5-6,8-9H2,1-4H3,(H2,29,38);1H4/t10-,13-,19-,26-;/m0./s1. The summed E-state index contributed by atoms with van der Waals surface area (Å²) in [5, 5.41) is 47.6. The Hall–Kier alpha value is -3.55. The van der Waals surface area contributed by atoms with Crippen molar-refractivity contribution in [2.75, 3.05) is 39.6 Å². The number of Topliss-reactive ketones (excluding diaryl/α,β-unsaturated/α-hetero) is 2. The fourth-order valence-electron chi connectivity index (χ4n) is 6.20. The highest BCUT2D eigenvalue weighted by atomic mass is 19.3. The number of aliphatic hydroxyl groups excluding tert-OH is 2. The topological polar surface area (TPSA) is 177 Å². The van der Waals surface area contributed by atoms with Gasteiger partial charge in [-0.3, -0.25) is 19.3 Å². The zero-order chi connectivity index (χ0) is 29.1. The molecule has 1 saturated carbocycles. The second-order valence-corrected chi connectivity index (χ2v) is 10.6. The van der Waals surface area contributed by atoms with Gasteiger partial charge in [-0.05, 0) is 44.5 Å². The molecule has 0 saturated heterocycles. The molecule has 0 radical (unpaired) electrons. The van der Waals surface area contributed by atoms with Crippen molar-refractivity contribution in [3.05, 3.63) is 39.7 Å². The zero-order valence-electron chi connectivity index (χ0n) is 22.0. The Morgan fingerprint density at radius 3 is 2.35 bits per heavy atom. The number of nitrogens with one attached hydrogen (secondary N) is 1. The van der Waals surface area contributed by atoms with Gasteiger partial charge in [0, 0.05) is 43.4 Å². The van der Waals surface area contributed by atoms with E-state index in [0.717, 1.165) is 0 Å². The molecule has 0 aromatic heterocycles. The molecule has 3 aliphatic carbocycles. The molecule has 0 heterocycles. The van der Waals surface area contributed by atoms with E-state index in [1.54, 1.807) is 25.1 Å². The number of nitrogens with two attached hydrogens (primary N) is 1. The van der Waals surface area contributed by atoms with Crippen molar-refractivity contribution in [1.29, 1.82) is 0 Å².